The van der Waals surface area contributed by atoms with E-state index >= 15 is 0 Å². The van der Waals surface area contributed by atoms with Crippen LogP contribution in [0.2, 0.25) is 0 Å². The van der Waals surface area contributed by atoms with E-state index in [1.54, 1.807) is 0 Å². The number of hydrogen-bond acceptors (Lipinski definition) is 4. The Kier molecular flexibility index (Phi) is 5.40. The molecule has 7 nitrogen and oxygen atoms in total. The zero-order valence-electron chi connectivity index (χ0n) is 17.5. The van der Waals surface area contributed by atoms with Gasteiger partial charge in [0.2, 0.25) is 5.91 Å². The lowest BCUT2D eigenvalue weighted by molar-refractivity contribution is -0.126. The minimum atomic E-state index is 0.0675. The van der Waals surface area contributed by atoms with E-state index in [9.17, 15) is 9.59 Å². The van der Waals surface area contributed by atoms with E-state index < -0.39 is 0 Å². The highest BCUT2D eigenvalue weighted by molar-refractivity contribution is 5.98. The number of benzene rings is 1. The molecule has 0 spiro atoms. The lowest BCUT2D eigenvalue weighted by Crippen LogP contribution is -2.37. The molecule has 2 aliphatic rings. The van der Waals surface area contributed by atoms with Gasteiger partial charge >= 0.3 is 0 Å². The second kappa shape index (κ2) is 8.49. The smallest absolute Gasteiger partial charge is 0.254 e. The van der Waals surface area contributed by atoms with Gasteiger partial charge in [0.25, 0.3) is 5.91 Å². The Labute approximate surface area is 181 Å². The van der Waals surface area contributed by atoms with Gasteiger partial charge in [0.05, 0.1) is 0 Å². The second-order valence-electron chi connectivity index (χ2n) is 8.65. The summed E-state index contributed by atoms with van der Waals surface area (Å²) in [6.45, 7) is 2.07. The molecule has 0 radical (unpaired) electrons. The Hall–Kier alpha value is -3.22. The zero-order chi connectivity index (χ0) is 21.2. The van der Waals surface area contributed by atoms with E-state index in [4.69, 9.17) is 0 Å². The van der Waals surface area contributed by atoms with E-state index in [2.05, 4.69) is 15.5 Å². The van der Waals surface area contributed by atoms with Crippen molar-refractivity contribution in [3.63, 3.8) is 0 Å². The number of aromatic nitrogens is 3. The van der Waals surface area contributed by atoms with Crippen molar-refractivity contribution in [2.24, 2.45) is 11.8 Å². The molecule has 5 rings (SSSR count). The van der Waals surface area contributed by atoms with Gasteiger partial charge in [-0.25, -0.2) is 0 Å². The van der Waals surface area contributed by atoms with E-state index in [-0.39, 0.29) is 17.7 Å². The first-order chi connectivity index (χ1) is 15.2. The quantitative estimate of drug-likeness (QED) is 0.669. The number of fused-ring (bicyclic) bond motifs is 2. The molecular formula is C24H27N5O2. The minimum Gasteiger partial charge on any atom is -0.355 e. The standard InChI is InChI=1S/C24H27N5O2/c30-23(25-13-12-22-27-26-21-7-3-4-14-29(21)22)18-10-8-17(9-11-18)15-28-16-19-5-1-2-6-20(19)24(28)31/h1-7,14,17-18H,8-13,15-16H2,(H,25,30). The SMILES string of the molecule is O=C(NCCc1nnc2ccccn12)C1CCC(CN2Cc3ccccc3C2=O)CC1. The van der Waals surface area contributed by atoms with Gasteiger partial charge in [-0.15, -0.1) is 10.2 Å². The molecule has 160 valence electrons. The average Bonchev–Trinajstić information content (AvgIpc) is 3.35. The molecule has 0 unspecified atom stereocenters. The molecule has 1 aliphatic heterocycles. The summed E-state index contributed by atoms with van der Waals surface area (Å²) in [5.74, 6) is 1.69. The monoisotopic (exact) mass is 417 g/mol. The molecule has 2 aromatic heterocycles. The van der Waals surface area contributed by atoms with E-state index in [0.29, 0.717) is 25.4 Å². The van der Waals surface area contributed by atoms with E-state index in [1.807, 2.05) is 58.0 Å². The first-order valence-corrected chi connectivity index (χ1v) is 11.1. The first kappa shape index (κ1) is 19.7. The molecule has 2 amide bonds. The van der Waals surface area contributed by atoms with Crippen molar-refractivity contribution < 1.29 is 9.59 Å². The molecule has 1 fully saturated rings. The van der Waals surface area contributed by atoms with Gasteiger partial charge in [0.15, 0.2) is 5.65 Å². The predicted octanol–water partition coefficient (Wildman–Crippen LogP) is 2.85. The Bertz CT molecular complexity index is 1100. The van der Waals surface area contributed by atoms with Crippen molar-refractivity contribution in [3.05, 3.63) is 65.6 Å². The Balaban J connectivity index is 1.07. The fourth-order valence-corrected chi connectivity index (χ4v) is 4.88. The summed E-state index contributed by atoms with van der Waals surface area (Å²) >= 11 is 0. The fraction of sp³-hybridized carbons (Fsp3) is 0.417. The van der Waals surface area contributed by atoms with Crippen LogP contribution < -0.4 is 5.32 Å². The lowest BCUT2D eigenvalue weighted by atomic mass is 9.81. The van der Waals surface area contributed by atoms with Crippen molar-refractivity contribution in [2.45, 2.75) is 38.6 Å². The molecular weight excluding hydrogens is 390 g/mol. The van der Waals surface area contributed by atoms with Crippen LogP contribution in [0.5, 0.6) is 0 Å². The molecule has 3 heterocycles. The highest BCUT2D eigenvalue weighted by atomic mass is 16.2. The predicted molar refractivity (Wildman–Crippen MR) is 116 cm³/mol. The molecule has 7 heteroatoms. The number of rotatable bonds is 6. The van der Waals surface area contributed by atoms with Crippen molar-refractivity contribution in [1.29, 1.82) is 0 Å². The molecule has 1 saturated carbocycles. The summed E-state index contributed by atoms with van der Waals surface area (Å²) in [6.07, 6.45) is 6.36. The highest BCUT2D eigenvalue weighted by Crippen LogP contribution is 2.32. The lowest BCUT2D eigenvalue weighted by Gasteiger charge is -2.30. The van der Waals surface area contributed by atoms with Gasteiger partial charge in [-0.3, -0.25) is 14.0 Å². The van der Waals surface area contributed by atoms with Crippen LogP contribution in [0.4, 0.5) is 0 Å². The molecule has 1 aromatic carbocycles. The number of nitrogens with zero attached hydrogens (tertiary/aromatic N) is 4. The van der Waals surface area contributed by atoms with E-state index in [0.717, 1.165) is 54.8 Å². The Morgan fingerprint density at radius 3 is 2.68 bits per heavy atom. The third-order valence-electron chi connectivity index (χ3n) is 6.62. The van der Waals surface area contributed by atoms with Gasteiger partial charge in [-0.2, -0.15) is 0 Å². The summed E-state index contributed by atoms with van der Waals surface area (Å²) in [6, 6.07) is 13.7. The van der Waals surface area contributed by atoms with Crippen molar-refractivity contribution in [2.75, 3.05) is 13.1 Å². The molecule has 1 N–H and O–H groups in total. The molecule has 0 atom stereocenters. The van der Waals surface area contributed by atoms with Gasteiger partial charge in [-0.1, -0.05) is 24.3 Å². The number of carbonyl (C=O) groups excluding carboxylic acids is 2. The maximum atomic E-state index is 12.6. The molecule has 31 heavy (non-hydrogen) atoms. The average molecular weight is 418 g/mol. The van der Waals surface area contributed by atoms with Gasteiger partial charge in [-0.05, 0) is 55.4 Å². The fourth-order valence-electron chi connectivity index (χ4n) is 4.88. The van der Waals surface area contributed by atoms with Crippen LogP contribution in [0.15, 0.2) is 48.7 Å². The second-order valence-corrected chi connectivity index (χ2v) is 8.65. The maximum absolute atomic E-state index is 12.6. The summed E-state index contributed by atoms with van der Waals surface area (Å²) in [5, 5.41) is 11.4. The van der Waals surface area contributed by atoms with E-state index in [1.165, 1.54) is 0 Å². The summed E-state index contributed by atoms with van der Waals surface area (Å²) in [4.78, 5) is 27.2. The maximum Gasteiger partial charge on any atom is 0.254 e. The third kappa shape index (κ3) is 4.04. The van der Waals surface area contributed by atoms with Crippen LogP contribution in [0.3, 0.4) is 0 Å². The first-order valence-electron chi connectivity index (χ1n) is 11.1. The molecule has 0 saturated heterocycles. The Morgan fingerprint density at radius 2 is 1.84 bits per heavy atom. The molecule has 1 aliphatic carbocycles. The molecule has 0 bridgehead atoms. The number of nitrogens with one attached hydrogen (secondary N) is 1. The van der Waals surface area contributed by atoms with Crippen LogP contribution in [0, 0.1) is 11.8 Å². The van der Waals surface area contributed by atoms with Crippen molar-refractivity contribution in [1.82, 2.24) is 24.8 Å². The van der Waals surface area contributed by atoms with Gasteiger partial charge < -0.3 is 10.2 Å². The summed E-state index contributed by atoms with van der Waals surface area (Å²) in [7, 11) is 0. The van der Waals surface area contributed by atoms with Gasteiger partial charge in [0, 0.05) is 43.7 Å². The zero-order valence-corrected chi connectivity index (χ0v) is 17.5. The third-order valence-corrected chi connectivity index (χ3v) is 6.62. The summed E-state index contributed by atoms with van der Waals surface area (Å²) in [5.41, 5.74) is 2.79. The summed E-state index contributed by atoms with van der Waals surface area (Å²) < 4.78 is 1.95. The van der Waals surface area contributed by atoms with Crippen molar-refractivity contribution >= 4 is 17.5 Å². The largest absolute Gasteiger partial charge is 0.355 e. The minimum absolute atomic E-state index is 0.0675. The van der Waals surface area contributed by atoms with Crippen LogP contribution in [-0.2, 0) is 17.8 Å². The number of amides is 2. The number of pyridine rings is 1. The Morgan fingerprint density at radius 1 is 1.03 bits per heavy atom. The van der Waals surface area contributed by atoms with Crippen LogP contribution in [-0.4, -0.2) is 44.4 Å². The number of carbonyl (C=O) groups is 2. The van der Waals surface area contributed by atoms with Crippen molar-refractivity contribution in [3.8, 4) is 0 Å². The van der Waals surface area contributed by atoms with Crippen LogP contribution in [0.25, 0.3) is 5.65 Å². The molecule has 3 aromatic rings. The van der Waals surface area contributed by atoms with Crippen LogP contribution >= 0.6 is 0 Å². The number of hydrogen-bond donors (Lipinski definition) is 1. The topological polar surface area (TPSA) is 79.6 Å². The normalized spacial score (nSPS) is 20.8. The van der Waals surface area contributed by atoms with Crippen LogP contribution in [0.1, 0.15) is 47.4 Å². The highest BCUT2D eigenvalue weighted by Gasteiger charge is 2.31. The van der Waals surface area contributed by atoms with Gasteiger partial charge in [0.1, 0.15) is 5.82 Å².